The molecule has 6 N–H and O–H groups in total. The van der Waals surface area contributed by atoms with Gasteiger partial charge < -0.3 is 60.0 Å². The minimum atomic E-state index is -0.552. The Bertz CT molecular complexity index is 553. The van der Waals surface area contributed by atoms with Gasteiger partial charge in [0, 0.05) is 90.5 Å². The summed E-state index contributed by atoms with van der Waals surface area (Å²) >= 11 is 0. The summed E-state index contributed by atoms with van der Waals surface area (Å²) in [6, 6.07) is 0. The molecular weight excluding hydrogens is 803 g/mol. The Hall–Kier alpha value is 1.08. The number of aliphatic hydroxyl groups is 6. The summed E-state index contributed by atoms with van der Waals surface area (Å²) in [4.78, 5) is 12.2. The number of rotatable bonds is 16. The van der Waals surface area contributed by atoms with E-state index in [9.17, 15) is 0 Å². The van der Waals surface area contributed by atoms with E-state index in [0.29, 0.717) is 13.1 Å². The van der Waals surface area contributed by atoms with E-state index in [4.69, 9.17) is 30.6 Å². The van der Waals surface area contributed by atoms with Crippen molar-refractivity contribution in [2.24, 2.45) is 0 Å². The van der Waals surface area contributed by atoms with Gasteiger partial charge in [-0.15, -0.1) is 0 Å². The molecular formula is C36H90Cu3N6O6. The molecule has 0 aromatic heterocycles. The van der Waals surface area contributed by atoms with Crippen LogP contribution in [0.3, 0.4) is 0 Å². The van der Waals surface area contributed by atoms with Gasteiger partial charge in [0.25, 0.3) is 0 Å². The van der Waals surface area contributed by atoms with Gasteiger partial charge in [-0.1, -0.05) is 27.7 Å². The molecule has 0 spiro atoms. The fourth-order valence-electron chi connectivity index (χ4n) is 4.32. The molecule has 3 radical (unpaired) electrons. The van der Waals surface area contributed by atoms with E-state index in [1.54, 1.807) is 41.5 Å². The molecule has 0 rings (SSSR count). The summed E-state index contributed by atoms with van der Waals surface area (Å²) in [6.07, 6.45) is -0.778. The number of likely N-dealkylation sites (N-methyl/N-ethyl adjacent to an activating group) is 6. The van der Waals surface area contributed by atoms with Crippen molar-refractivity contribution in [3.8, 4) is 0 Å². The van der Waals surface area contributed by atoms with Gasteiger partial charge >= 0.3 is 0 Å². The van der Waals surface area contributed by atoms with Crippen LogP contribution in [0.1, 0.15) is 83.1 Å². The first-order chi connectivity index (χ1) is 21.5. The molecule has 0 aromatic rings. The van der Waals surface area contributed by atoms with Gasteiger partial charge in [0.05, 0.1) is 35.6 Å². The molecule has 0 aliphatic heterocycles. The zero-order valence-corrected chi connectivity index (χ0v) is 39.5. The number of aliphatic hydroxyl groups excluding tert-OH is 4. The third-order valence-electron chi connectivity index (χ3n) is 5.50. The van der Waals surface area contributed by atoms with Crippen LogP contribution < -0.4 is 0 Å². The quantitative estimate of drug-likeness (QED) is 0.126. The first-order valence-electron chi connectivity index (χ1n) is 17.7. The van der Waals surface area contributed by atoms with E-state index in [-0.39, 0.29) is 75.6 Å². The van der Waals surface area contributed by atoms with Crippen LogP contribution in [0.15, 0.2) is 0 Å². The fourth-order valence-corrected chi connectivity index (χ4v) is 4.32. The molecule has 333 valence electrons. The maximum Gasteiger partial charge on any atom is 0.0717 e. The summed E-state index contributed by atoms with van der Waals surface area (Å²) < 4.78 is 0. The molecule has 51 heavy (non-hydrogen) atoms. The van der Waals surface area contributed by atoms with Crippen LogP contribution >= 0.6 is 0 Å². The van der Waals surface area contributed by atoms with Crippen molar-refractivity contribution in [1.82, 2.24) is 29.4 Å². The summed E-state index contributed by atoms with van der Waals surface area (Å²) in [7, 11) is 15.5. The fraction of sp³-hybridized carbons (Fsp3) is 1.00. The minimum Gasteiger partial charge on any atom is -0.392 e. The van der Waals surface area contributed by atoms with Gasteiger partial charge in [0.2, 0.25) is 0 Å². The van der Waals surface area contributed by atoms with Crippen molar-refractivity contribution < 1.29 is 81.8 Å². The maximum absolute atomic E-state index is 9.15. The molecule has 0 amide bonds. The van der Waals surface area contributed by atoms with Crippen LogP contribution in [0, 0.1) is 0 Å². The van der Waals surface area contributed by atoms with Gasteiger partial charge in [-0.2, -0.15) is 0 Å². The monoisotopic (exact) mass is 891 g/mol. The molecule has 0 aliphatic carbocycles. The predicted molar refractivity (Wildman–Crippen MR) is 209 cm³/mol. The second-order valence-corrected chi connectivity index (χ2v) is 15.0. The van der Waals surface area contributed by atoms with Crippen molar-refractivity contribution in [2.75, 3.05) is 122 Å². The maximum atomic E-state index is 9.15. The zero-order chi connectivity index (χ0) is 39.8. The largest absolute Gasteiger partial charge is 0.392 e. The summed E-state index contributed by atoms with van der Waals surface area (Å²) in [5, 5.41) is 53.5. The summed E-state index contributed by atoms with van der Waals surface area (Å²) in [5.74, 6) is 0. The van der Waals surface area contributed by atoms with Gasteiger partial charge in [0.1, 0.15) is 0 Å². The molecule has 4 atom stereocenters. The molecule has 4 unspecified atom stereocenters. The van der Waals surface area contributed by atoms with E-state index >= 15 is 0 Å². The SMILES string of the molecule is CC(O)CN(C)C.CC(O)CN(C)C.CCN(CC)CC(C)O.CCN(CC)CC(C)O.CN(C)CC(C)(C)O.CN(C)CC(C)(C)O.[Cu].[Cu].[Cu]. The Kier molecular flexibility index (Phi) is 65.3. The molecule has 0 saturated carbocycles. The van der Waals surface area contributed by atoms with E-state index in [1.165, 1.54) is 0 Å². The van der Waals surface area contributed by atoms with Gasteiger partial charge in [0.15, 0.2) is 0 Å². The van der Waals surface area contributed by atoms with Crippen molar-refractivity contribution in [3.63, 3.8) is 0 Å². The zero-order valence-electron chi connectivity index (χ0n) is 36.7. The molecule has 0 bridgehead atoms. The molecule has 15 heteroatoms. The first kappa shape index (κ1) is 73.2. The molecule has 0 heterocycles. The second-order valence-electron chi connectivity index (χ2n) is 15.0. The Morgan fingerprint density at radius 1 is 0.392 bits per heavy atom. The minimum absolute atomic E-state index is 0. The Labute approximate surface area is 350 Å². The van der Waals surface area contributed by atoms with Gasteiger partial charge in [-0.05, 0) is 138 Å². The van der Waals surface area contributed by atoms with E-state index in [0.717, 1.165) is 52.4 Å². The normalized spacial score (nSPS) is 13.2. The van der Waals surface area contributed by atoms with Crippen molar-refractivity contribution in [1.29, 1.82) is 0 Å². The van der Waals surface area contributed by atoms with Crippen LogP contribution in [-0.4, -0.2) is 217 Å². The smallest absolute Gasteiger partial charge is 0.0717 e. The number of hydrogen-bond acceptors (Lipinski definition) is 12. The van der Waals surface area contributed by atoms with E-state index in [2.05, 4.69) is 37.5 Å². The molecule has 12 nitrogen and oxygen atoms in total. The molecule has 0 aromatic carbocycles. The van der Waals surface area contributed by atoms with Crippen molar-refractivity contribution in [2.45, 2.75) is 119 Å². The molecule has 0 aliphatic rings. The van der Waals surface area contributed by atoms with Crippen LogP contribution in [0.25, 0.3) is 0 Å². The Morgan fingerprint density at radius 3 is 0.588 bits per heavy atom. The van der Waals surface area contributed by atoms with Crippen LogP contribution in [0.4, 0.5) is 0 Å². The van der Waals surface area contributed by atoms with E-state index in [1.807, 2.05) is 89.8 Å². The average Bonchev–Trinajstić information content (AvgIpc) is 2.82. The summed E-state index contributed by atoms with van der Waals surface area (Å²) in [6.45, 7) is 31.4. The van der Waals surface area contributed by atoms with Crippen molar-refractivity contribution in [3.05, 3.63) is 0 Å². The summed E-state index contributed by atoms with van der Waals surface area (Å²) in [5.41, 5.74) is -1.10. The number of hydrogen-bond donors (Lipinski definition) is 6. The number of nitrogens with zero attached hydrogens (tertiary/aromatic N) is 6. The Morgan fingerprint density at radius 2 is 0.569 bits per heavy atom. The second kappa shape index (κ2) is 45.5. The third-order valence-corrected chi connectivity index (χ3v) is 5.50. The topological polar surface area (TPSA) is 141 Å². The van der Waals surface area contributed by atoms with Gasteiger partial charge in [-0.3, -0.25) is 0 Å². The molecule has 0 fully saturated rings. The standard InChI is InChI=1S/2C7H17NO.2C6H15NO.2C5H13NO.3Cu/c2*1-4-8(5-2)6-7(3)9;2*1-6(2,8)5-7(3)4;2*1-5(7)4-6(2)3;;;/h2*7,9H,4-6H2,1-3H3;2*8H,5H2,1-4H3;2*5,7H,4H2,1-3H3;;;. The third kappa shape index (κ3) is 100.0. The van der Waals surface area contributed by atoms with Crippen LogP contribution in [0.5, 0.6) is 0 Å². The van der Waals surface area contributed by atoms with E-state index < -0.39 is 11.2 Å². The average molecular weight is 894 g/mol. The van der Waals surface area contributed by atoms with Gasteiger partial charge in [-0.25, -0.2) is 0 Å². The van der Waals surface area contributed by atoms with Crippen LogP contribution in [-0.2, 0) is 51.2 Å². The predicted octanol–water partition coefficient (Wildman–Crippen LogP) is 1.91. The van der Waals surface area contributed by atoms with Crippen LogP contribution in [0.2, 0.25) is 0 Å². The van der Waals surface area contributed by atoms with Crippen molar-refractivity contribution >= 4 is 0 Å². The Balaban J connectivity index is -0.0000000588. The molecule has 0 saturated heterocycles. The first-order valence-corrected chi connectivity index (χ1v) is 17.7.